The highest BCUT2D eigenvalue weighted by atomic mass is 16.5. The van der Waals surface area contributed by atoms with Crippen LogP contribution in [0.5, 0.6) is 0 Å². The Morgan fingerprint density at radius 3 is 1.72 bits per heavy atom. The van der Waals surface area contributed by atoms with Gasteiger partial charge in [0.15, 0.2) is 0 Å². The Kier molecular flexibility index (Phi) is 19.0. The number of hydrogen-bond acceptors (Lipinski definition) is 3. The summed E-state index contributed by atoms with van der Waals surface area (Å²) in [6.45, 7) is 13.4. The van der Waals surface area contributed by atoms with E-state index in [-0.39, 0.29) is 0 Å². The third kappa shape index (κ3) is 17.9. The highest BCUT2D eigenvalue weighted by Gasteiger charge is 2.25. The maximum atomic E-state index is 10.6. The lowest BCUT2D eigenvalue weighted by molar-refractivity contribution is -0.147. The maximum Gasteiger partial charge on any atom is 0.309 e. The zero-order valence-electron chi connectivity index (χ0n) is 20.1. The van der Waals surface area contributed by atoms with Gasteiger partial charge in [-0.2, -0.15) is 0 Å². The van der Waals surface area contributed by atoms with Crippen molar-refractivity contribution in [1.29, 1.82) is 0 Å². The number of carboxylic acid groups (broad SMARTS) is 1. The number of ether oxygens (including phenoxy) is 1. The summed E-state index contributed by atoms with van der Waals surface area (Å²) in [5.74, 6) is -0.686. The van der Waals surface area contributed by atoms with E-state index >= 15 is 0 Å². The number of carboxylic acids is 1. The molecule has 0 spiro atoms. The van der Waals surface area contributed by atoms with Crippen LogP contribution < -0.4 is 0 Å². The van der Waals surface area contributed by atoms with Gasteiger partial charge in [-0.05, 0) is 33.2 Å². The van der Waals surface area contributed by atoms with Gasteiger partial charge in [0.05, 0.1) is 18.6 Å². The van der Waals surface area contributed by atoms with Crippen molar-refractivity contribution in [2.24, 2.45) is 5.41 Å². The van der Waals surface area contributed by atoms with Gasteiger partial charge in [-0.1, -0.05) is 90.9 Å². The predicted octanol–water partition coefficient (Wildman–Crippen LogP) is 6.92. The molecule has 0 aromatic rings. The Labute approximate surface area is 181 Å². The van der Waals surface area contributed by atoms with Crippen LogP contribution in [0.1, 0.15) is 118 Å². The van der Waals surface area contributed by atoms with Crippen LogP contribution in [0.25, 0.3) is 0 Å². The molecule has 0 saturated carbocycles. The van der Waals surface area contributed by atoms with Gasteiger partial charge in [0.2, 0.25) is 0 Å². The third-order valence-electron chi connectivity index (χ3n) is 5.92. The lowest BCUT2D eigenvalue weighted by Crippen LogP contribution is -2.36. The fraction of sp³-hybridized carbons (Fsp3) is 0.960. The van der Waals surface area contributed by atoms with Gasteiger partial charge in [0, 0.05) is 13.1 Å². The van der Waals surface area contributed by atoms with E-state index in [1.807, 2.05) is 0 Å². The Morgan fingerprint density at radius 1 is 0.793 bits per heavy atom. The second-order valence-corrected chi connectivity index (χ2v) is 9.28. The van der Waals surface area contributed by atoms with Crippen LogP contribution in [0.3, 0.4) is 0 Å². The molecule has 29 heavy (non-hydrogen) atoms. The molecule has 1 rings (SSSR count). The molecule has 4 heteroatoms. The van der Waals surface area contributed by atoms with Crippen LogP contribution in [0.4, 0.5) is 0 Å². The molecule has 0 amide bonds. The van der Waals surface area contributed by atoms with E-state index in [2.05, 4.69) is 18.7 Å². The van der Waals surface area contributed by atoms with Gasteiger partial charge in [0.1, 0.15) is 0 Å². The van der Waals surface area contributed by atoms with Crippen molar-refractivity contribution < 1.29 is 14.6 Å². The molecule has 0 bridgehead atoms. The van der Waals surface area contributed by atoms with Crippen molar-refractivity contribution in [3.8, 4) is 0 Å². The first kappa shape index (κ1) is 28.4. The number of nitrogens with zero attached hydrogens (tertiary/aromatic N) is 1. The molecule has 1 fully saturated rings. The van der Waals surface area contributed by atoms with E-state index in [0.29, 0.717) is 0 Å². The van der Waals surface area contributed by atoms with Gasteiger partial charge < -0.3 is 9.84 Å². The average molecular weight is 414 g/mol. The largest absolute Gasteiger partial charge is 0.481 e. The van der Waals surface area contributed by atoms with Gasteiger partial charge in [0.25, 0.3) is 0 Å². The molecule has 1 N–H and O–H groups in total. The van der Waals surface area contributed by atoms with E-state index in [1.165, 1.54) is 70.8 Å². The summed E-state index contributed by atoms with van der Waals surface area (Å²) in [7, 11) is 0. The molecule has 174 valence electrons. The number of aliphatic carboxylic acids is 1. The maximum absolute atomic E-state index is 10.6. The molecule has 0 aromatic carbocycles. The zero-order chi connectivity index (χ0) is 21.8. The molecule has 4 nitrogen and oxygen atoms in total. The quantitative estimate of drug-likeness (QED) is 0.279. The molecule has 1 aliphatic rings. The lowest BCUT2D eigenvalue weighted by Gasteiger charge is -2.26. The smallest absolute Gasteiger partial charge is 0.309 e. The number of hydrogen-bond donors (Lipinski definition) is 1. The van der Waals surface area contributed by atoms with Gasteiger partial charge in [-0.3, -0.25) is 9.69 Å². The monoisotopic (exact) mass is 413 g/mol. The van der Waals surface area contributed by atoms with E-state index in [0.717, 1.165) is 52.0 Å². The Balaban J connectivity index is 0.000000614. The van der Waals surface area contributed by atoms with Crippen LogP contribution in [-0.4, -0.2) is 48.8 Å². The van der Waals surface area contributed by atoms with Crippen molar-refractivity contribution in [2.45, 2.75) is 118 Å². The van der Waals surface area contributed by atoms with Crippen molar-refractivity contribution in [3.63, 3.8) is 0 Å². The molecule has 1 aliphatic heterocycles. The SMILES string of the molecule is CCCCCC(C)(C)C(=O)O.CCCCCCCCCCCCN1CCOCC1. The summed E-state index contributed by atoms with van der Waals surface area (Å²) in [5, 5.41) is 8.74. The van der Waals surface area contributed by atoms with Crippen molar-refractivity contribution >= 4 is 5.97 Å². The molecular weight excluding hydrogens is 362 g/mol. The van der Waals surface area contributed by atoms with Crippen LogP contribution in [0, 0.1) is 5.41 Å². The summed E-state index contributed by atoms with van der Waals surface area (Å²) in [4.78, 5) is 13.2. The fourth-order valence-corrected chi connectivity index (χ4v) is 3.57. The molecule has 1 saturated heterocycles. The average Bonchev–Trinajstić information content (AvgIpc) is 2.71. The summed E-state index contributed by atoms with van der Waals surface area (Å²) in [6.07, 6.45) is 18.4. The minimum atomic E-state index is -0.686. The molecule has 1 heterocycles. The number of morpholine rings is 1. The molecule has 0 aromatic heterocycles. The van der Waals surface area contributed by atoms with E-state index in [4.69, 9.17) is 9.84 Å². The van der Waals surface area contributed by atoms with Crippen molar-refractivity contribution in [3.05, 3.63) is 0 Å². The highest BCUT2D eigenvalue weighted by molar-refractivity contribution is 5.73. The third-order valence-corrected chi connectivity index (χ3v) is 5.92. The van der Waals surface area contributed by atoms with Gasteiger partial charge >= 0.3 is 5.97 Å². The summed E-state index contributed by atoms with van der Waals surface area (Å²) < 4.78 is 5.36. The van der Waals surface area contributed by atoms with E-state index in [9.17, 15) is 4.79 Å². The zero-order valence-corrected chi connectivity index (χ0v) is 20.1. The van der Waals surface area contributed by atoms with Crippen LogP contribution >= 0.6 is 0 Å². The Hall–Kier alpha value is -0.610. The lowest BCUT2D eigenvalue weighted by atomic mass is 9.87. The second kappa shape index (κ2) is 19.4. The highest BCUT2D eigenvalue weighted by Crippen LogP contribution is 2.23. The molecular formula is C25H51NO3. The van der Waals surface area contributed by atoms with E-state index < -0.39 is 11.4 Å². The number of carbonyl (C=O) groups is 1. The normalized spacial score (nSPS) is 15.0. The Morgan fingerprint density at radius 2 is 1.24 bits per heavy atom. The van der Waals surface area contributed by atoms with Crippen LogP contribution in [0.2, 0.25) is 0 Å². The first-order chi connectivity index (χ1) is 13.9. The minimum Gasteiger partial charge on any atom is -0.481 e. The number of rotatable bonds is 16. The molecule has 0 radical (unpaired) electrons. The van der Waals surface area contributed by atoms with E-state index in [1.54, 1.807) is 13.8 Å². The van der Waals surface area contributed by atoms with Crippen molar-refractivity contribution in [1.82, 2.24) is 4.90 Å². The first-order valence-electron chi connectivity index (χ1n) is 12.5. The topological polar surface area (TPSA) is 49.8 Å². The number of unbranched alkanes of at least 4 members (excludes halogenated alkanes) is 11. The molecule has 0 aliphatic carbocycles. The Bertz CT molecular complexity index is 365. The second-order valence-electron chi connectivity index (χ2n) is 9.28. The van der Waals surface area contributed by atoms with Crippen LogP contribution in [-0.2, 0) is 9.53 Å². The summed E-state index contributed by atoms with van der Waals surface area (Å²) >= 11 is 0. The van der Waals surface area contributed by atoms with Gasteiger partial charge in [-0.15, -0.1) is 0 Å². The van der Waals surface area contributed by atoms with Crippen LogP contribution in [0.15, 0.2) is 0 Å². The molecule has 0 unspecified atom stereocenters. The van der Waals surface area contributed by atoms with Gasteiger partial charge in [-0.25, -0.2) is 0 Å². The van der Waals surface area contributed by atoms with Crippen molar-refractivity contribution in [2.75, 3.05) is 32.8 Å². The first-order valence-corrected chi connectivity index (χ1v) is 12.5. The fourth-order valence-electron chi connectivity index (χ4n) is 3.57. The summed E-state index contributed by atoms with van der Waals surface area (Å²) in [6, 6.07) is 0. The predicted molar refractivity (Wildman–Crippen MR) is 125 cm³/mol. The standard InChI is InChI=1S/C16H33NO.C9H18O2/c1-2-3-4-5-6-7-8-9-10-11-12-17-13-15-18-16-14-17;1-4-5-6-7-9(2,3)8(10)11/h2-16H2,1H3;4-7H2,1-3H3,(H,10,11). The molecule has 0 atom stereocenters. The summed E-state index contributed by atoms with van der Waals surface area (Å²) in [5.41, 5.74) is -0.533. The minimum absolute atomic E-state index is 0.533.